The zero-order chi connectivity index (χ0) is 24.8. The van der Waals surface area contributed by atoms with Crippen LogP contribution in [0.3, 0.4) is 0 Å². The summed E-state index contributed by atoms with van der Waals surface area (Å²) in [5.74, 6) is 0.632. The van der Waals surface area contributed by atoms with E-state index in [4.69, 9.17) is 23.7 Å². The van der Waals surface area contributed by atoms with Crippen LogP contribution in [0.2, 0.25) is 0 Å². The Morgan fingerprint density at radius 1 is 0.771 bits per heavy atom. The molecule has 1 aliphatic heterocycles. The molecule has 1 aliphatic rings. The molecule has 35 heavy (non-hydrogen) atoms. The fourth-order valence-electron chi connectivity index (χ4n) is 4.40. The molecule has 2 unspecified atom stereocenters. The zero-order valence-corrected chi connectivity index (χ0v) is 22.6. The topological polar surface area (TPSA) is 46.2 Å². The largest absolute Gasteiger partial charge is 0.377 e. The van der Waals surface area contributed by atoms with Gasteiger partial charge in [-0.1, -0.05) is 89.5 Å². The molecule has 0 saturated carbocycles. The lowest BCUT2D eigenvalue weighted by molar-refractivity contribution is -0.169. The van der Waals surface area contributed by atoms with Crippen molar-refractivity contribution in [3.05, 3.63) is 35.4 Å². The maximum absolute atomic E-state index is 5.76. The molecule has 1 aromatic rings. The third-order valence-electron chi connectivity index (χ3n) is 6.72. The van der Waals surface area contributed by atoms with Crippen molar-refractivity contribution >= 4 is 0 Å². The third kappa shape index (κ3) is 15.7. The van der Waals surface area contributed by atoms with E-state index in [-0.39, 0.29) is 6.29 Å². The van der Waals surface area contributed by atoms with E-state index < -0.39 is 0 Å². The van der Waals surface area contributed by atoms with E-state index in [1.54, 1.807) is 0 Å². The molecule has 202 valence electrons. The molecular weight excluding hydrogens is 440 g/mol. The maximum atomic E-state index is 5.76. The summed E-state index contributed by atoms with van der Waals surface area (Å²) < 4.78 is 28.0. The van der Waals surface area contributed by atoms with Gasteiger partial charge >= 0.3 is 0 Å². The monoisotopic (exact) mass is 492 g/mol. The molecule has 5 heteroatoms. The molecule has 0 bridgehead atoms. The van der Waals surface area contributed by atoms with Crippen molar-refractivity contribution in [2.45, 2.75) is 110 Å². The van der Waals surface area contributed by atoms with Crippen LogP contribution >= 0.6 is 0 Å². The summed E-state index contributed by atoms with van der Waals surface area (Å²) in [5, 5.41) is 0. The minimum atomic E-state index is -0.0416. The van der Waals surface area contributed by atoms with Crippen molar-refractivity contribution in [1.82, 2.24) is 0 Å². The Morgan fingerprint density at radius 3 is 2.06 bits per heavy atom. The molecule has 1 saturated heterocycles. The average Bonchev–Trinajstić information content (AvgIpc) is 2.89. The van der Waals surface area contributed by atoms with E-state index in [9.17, 15) is 0 Å². The highest BCUT2D eigenvalue weighted by molar-refractivity contribution is 5.24. The SMILES string of the molecule is CCCCCCCCCCC(C)c1ccc(COCCOCCOCCOC2CCCCO2)cc1. The molecule has 1 fully saturated rings. The molecule has 2 rings (SSSR count). The van der Waals surface area contributed by atoms with Crippen molar-refractivity contribution in [1.29, 1.82) is 0 Å². The summed E-state index contributed by atoms with van der Waals surface area (Å²) in [6.45, 7) is 9.56. The molecule has 2 atom stereocenters. The fourth-order valence-corrected chi connectivity index (χ4v) is 4.40. The van der Waals surface area contributed by atoms with E-state index in [1.165, 1.54) is 75.3 Å². The normalized spacial score (nSPS) is 17.0. The molecule has 0 N–H and O–H groups in total. The summed E-state index contributed by atoms with van der Waals surface area (Å²) in [5.41, 5.74) is 2.66. The molecule has 0 amide bonds. The van der Waals surface area contributed by atoms with E-state index in [1.807, 2.05) is 0 Å². The predicted octanol–water partition coefficient (Wildman–Crippen LogP) is 7.41. The van der Waals surface area contributed by atoms with Crippen LogP contribution in [0.5, 0.6) is 0 Å². The number of hydrogen-bond donors (Lipinski definition) is 0. The quantitative estimate of drug-likeness (QED) is 0.158. The smallest absolute Gasteiger partial charge is 0.157 e. The van der Waals surface area contributed by atoms with Crippen LogP contribution in [0.25, 0.3) is 0 Å². The molecule has 0 spiro atoms. The summed E-state index contributed by atoms with van der Waals surface area (Å²) in [4.78, 5) is 0. The van der Waals surface area contributed by atoms with Crippen molar-refractivity contribution in [3.63, 3.8) is 0 Å². The number of ether oxygens (including phenoxy) is 5. The van der Waals surface area contributed by atoms with Crippen LogP contribution in [0.4, 0.5) is 0 Å². The van der Waals surface area contributed by atoms with Gasteiger partial charge in [0.15, 0.2) is 6.29 Å². The lowest BCUT2D eigenvalue weighted by atomic mass is 9.94. The van der Waals surface area contributed by atoms with Crippen molar-refractivity contribution in [3.8, 4) is 0 Å². The summed E-state index contributed by atoms with van der Waals surface area (Å²) in [6.07, 6.45) is 15.7. The van der Waals surface area contributed by atoms with Gasteiger partial charge in [-0.2, -0.15) is 0 Å². The van der Waals surface area contributed by atoms with Gasteiger partial charge in [0.1, 0.15) is 0 Å². The third-order valence-corrected chi connectivity index (χ3v) is 6.72. The Balaban J connectivity index is 1.38. The first-order valence-electron chi connectivity index (χ1n) is 14.3. The second-order valence-corrected chi connectivity index (χ2v) is 9.85. The van der Waals surface area contributed by atoms with Crippen LogP contribution in [0.15, 0.2) is 24.3 Å². The van der Waals surface area contributed by atoms with Crippen molar-refractivity contribution < 1.29 is 23.7 Å². The van der Waals surface area contributed by atoms with Gasteiger partial charge < -0.3 is 23.7 Å². The Hall–Kier alpha value is -0.980. The first kappa shape index (κ1) is 30.2. The van der Waals surface area contributed by atoms with Gasteiger partial charge in [0.2, 0.25) is 0 Å². The van der Waals surface area contributed by atoms with Gasteiger partial charge in [-0.3, -0.25) is 0 Å². The Morgan fingerprint density at radius 2 is 1.40 bits per heavy atom. The average molecular weight is 493 g/mol. The van der Waals surface area contributed by atoms with Crippen LogP contribution in [-0.2, 0) is 30.3 Å². The minimum Gasteiger partial charge on any atom is -0.377 e. The Labute approximate surface area is 215 Å². The highest BCUT2D eigenvalue weighted by Crippen LogP contribution is 2.23. The zero-order valence-electron chi connectivity index (χ0n) is 22.6. The lowest BCUT2D eigenvalue weighted by Crippen LogP contribution is -2.24. The van der Waals surface area contributed by atoms with E-state index in [0.717, 1.165) is 19.4 Å². The maximum Gasteiger partial charge on any atom is 0.157 e. The standard InChI is InChI=1S/C30H52O5/c1-3-4-5-6-7-8-9-10-13-27(2)29-17-15-28(16-18-29)26-33-23-22-31-20-21-32-24-25-35-30-14-11-12-19-34-30/h15-18,27,30H,3-14,19-26H2,1-2H3. The number of benzene rings is 1. The Kier molecular flexibility index (Phi) is 18.3. The fraction of sp³-hybridized carbons (Fsp3) is 0.800. The van der Waals surface area contributed by atoms with Gasteiger partial charge in [-0.05, 0) is 42.7 Å². The van der Waals surface area contributed by atoms with Gasteiger partial charge in [0.25, 0.3) is 0 Å². The molecule has 0 aliphatic carbocycles. The molecule has 1 aromatic carbocycles. The van der Waals surface area contributed by atoms with Gasteiger partial charge in [0, 0.05) is 6.61 Å². The van der Waals surface area contributed by atoms with Gasteiger partial charge in [-0.15, -0.1) is 0 Å². The minimum absolute atomic E-state index is 0.0416. The van der Waals surface area contributed by atoms with Crippen LogP contribution < -0.4 is 0 Å². The summed E-state index contributed by atoms with van der Waals surface area (Å²) in [6, 6.07) is 8.95. The molecule has 0 radical (unpaired) electrons. The van der Waals surface area contributed by atoms with Crippen LogP contribution in [-0.4, -0.2) is 52.5 Å². The van der Waals surface area contributed by atoms with Crippen molar-refractivity contribution in [2.24, 2.45) is 0 Å². The first-order chi connectivity index (χ1) is 17.3. The second kappa shape index (κ2) is 21.1. The number of unbranched alkanes of at least 4 members (excludes halogenated alkanes) is 7. The molecular formula is C30H52O5. The van der Waals surface area contributed by atoms with Gasteiger partial charge in [-0.25, -0.2) is 0 Å². The van der Waals surface area contributed by atoms with E-state index in [2.05, 4.69) is 38.1 Å². The second-order valence-electron chi connectivity index (χ2n) is 9.85. The summed E-state index contributed by atoms with van der Waals surface area (Å²) >= 11 is 0. The number of rotatable bonds is 22. The van der Waals surface area contributed by atoms with Gasteiger partial charge in [0.05, 0.1) is 46.2 Å². The lowest BCUT2D eigenvalue weighted by Gasteiger charge is -2.22. The predicted molar refractivity (Wildman–Crippen MR) is 143 cm³/mol. The van der Waals surface area contributed by atoms with Crippen LogP contribution in [0, 0.1) is 0 Å². The summed E-state index contributed by atoms with van der Waals surface area (Å²) in [7, 11) is 0. The first-order valence-corrected chi connectivity index (χ1v) is 14.3. The molecule has 1 heterocycles. The number of hydrogen-bond acceptors (Lipinski definition) is 5. The molecule has 5 nitrogen and oxygen atoms in total. The Bertz CT molecular complexity index is 585. The van der Waals surface area contributed by atoms with E-state index >= 15 is 0 Å². The highest BCUT2D eigenvalue weighted by Gasteiger charge is 2.13. The van der Waals surface area contributed by atoms with Crippen LogP contribution in [0.1, 0.15) is 108 Å². The highest BCUT2D eigenvalue weighted by atomic mass is 16.7. The molecule has 0 aromatic heterocycles. The van der Waals surface area contributed by atoms with E-state index in [0.29, 0.717) is 52.2 Å². The van der Waals surface area contributed by atoms with Crippen molar-refractivity contribution in [2.75, 3.05) is 46.2 Å².